The molecule has 6 heteroatoms. The van der Waals surface area contributed by atoms with Crippen LogP contribution in [0.1, 0.15) is 34.1 Å². The Morgan fingerprint density at radius 3 is 2.61 bits per heavy atom. The van der Waals surface area contributed by atoms with Crippen LogP contribution in [0.4, 0.5) is 5.69 Å². The highest BCUT2D eigenvalue weighted by Gasteiger charge is 2.13. The van der Waals surface area contributed by atoms with E-state index in [4.69, 9.17) is 10.5 Å². The van der Waals surface area contributed by atoms with E-state index >= 15 is 0 Å². The summed E-state index contributed by atoms with van der Waals surface area (Å²) >= 11 is 3.39. The Labute approximate surface area is 143 Å². The lowest BCUT2D eigenvalue weighted by Gasteiger charge is -2.11. The summed E-state index contributed by atoms with van der Waals surface area (Å²) in [5, 5.41) is 2.70. The first-order valence-electron chi connectivity index (χ1n) is 7.15. The van der Waals surface area contributed by atoms with Crippen molar-refractivity contribution in [3.8, 4) is 5.75 Å². The number of nitrogens with one attached hydrogen (secondary N) is 1. The number of amides is 2. The van der Waals surface area contributed by atoms with Crippen LogP contribution in [0.25, 0.3) is 0 Å². The van der Waals surface area contributed by atoms with Gasteiger partial charge in [-0.05, 0) is 52.7 Å². The van der Waals surface area contributed by atoms with Gasteiger partial charge in [-0.2, -0.15) is 0 Å². The quantitative estimate of drug-likeness (QED) is 0.807. The third kappa shape index (κ3) is 4.32. The lowest BCUT2D eigenvalue weighted by molar-refractivity contribution is 0.100. The number of carbonyl (C=O) groups excluding carboxylic acids is 2. The maximum absolute atomic E-state index is 12.3. The molecule has 0 saturated carbocycles. The Balaban J connectivity index is 2.18. The fourth-order valence-electron chi connectivity index (χ4n) is 1.97. The van der Waals surface area contributed by atoms with Crippen LogP contribution in [0.2, 0.25) is 0 Å². The highest BCUT2D eigenvalue weighted by molar-refractivity contribution is 9.10. The van der Waals surface area contributed by atoms with E-state index in [1.165, 1.54) is 0 Å². The van der Waals surface area contributed by atoms with Crippen molar-refractivity contribution in [2.75, 3.05) is 11.9 Å². The van der Waals surface area contributed by atoms with Crippen molar-refractivity contribution < 1.29 is 14.3 Å². The summed E-state index contributed by atoms with van der Waals surface area (Å²) in [6, 6.07) is 11.7. The summed E-state index contributed by atoms with van der Waals surface area (Å²) in [7, 11) is 0. The lowest BCUT2D eigenvalue weighted by Crippen LogP contribution is -2.18. The van der Waals surface area contributed by atoms with E-state index in [2.05, 4.69) is 21.2 Å². The monoisotopic (exact) mass is 376 g/mol. The number of rotatable bonds is 6. The molecule has 0 bridgehead atoms. The van der Waals surface area contributed by atoms with Gasteiger partial charge >= 0.3 is 0 Å². The van der Waals surface area contributed by atoms with Crippen molar-refractivity contribution in [1.82, 2.24) is 0 Å². The highest BCUT2D eigenvalue weighted by atomic mass is 79.9. The van der Waals surface area contributed by atoms with Crippen molar-refractivity contribution >= 4 is 33.4 Å². The smallest absolute Gasteiger partial charge is 0.255 e. The van der Waals surface area contributed by atoms with E-state index in [1.807, 2.05) is 6.92 Å². The van der Waals surface area contributed by atoms with Gasteiger partial charge in [0.15, 0.2) is 0 Å². The molecule has 5 nitrogen and oxygen atoms in total. The van der Waals surface area contributed by atoms with Crippen molar-refractivity contribution in [3.63, 3.8) is 0 Å². The van der Waals surface area contributed by atoms with Crippen LogP contribution in [0.3, 0.4) is 0 Å². The summed E-state index contributed by atoms with van der Waals surface area (Å²) in [5.41, 5.74) is 6.40. The van der Waals surface area contributed by atoms with E-state index in [0.717, 1.165) is 6.42 Å². The van der Waals surface area contributed by atoms with Crippen molar-refractivity contribution in [2.45, 2.75) is 13.3 Å². The highest BCUT2D eigenvalue weighted by Crippen LogP contribution is 2.26. The van der Waals surface area contributed by atoms with E-state index < -0.39 is 5.91 Å². The van der Waals surface area contributed by atoms with Gasteiger partial charge in [-0.25, -0.2) is 0 Å². The molecule has 0 aliphatic heterocycles. The minimum atomic E-state index is -0.592. The van der Waals surface area contributed by atoms with Crippen LogP contribution < -0.4 is 15.8 Å². The molecular formula is C17H17BrN2O3. The second kappa shape index (κ2) is 7.78. The average molecular weight is 377 g/mol. The molecule has 0 aliphatic rings. The topological polar surface area (TPSA) is 81.4 Å². The molecular weight excluding hydrogens is 360 g/mol. The molecule has 2 aromatic rings. The number of carbonyl (C=O) groups is 2. The number of para-hydroxylation sites is 1. The van der Waals surface area contributed by atoms with E-state index in [-0.39, 0.29) is 11.5 Å². The second-order valence-corrected chi connectivity index (χ2v) is 5.71. The third-order valence-corrected chi connectivity index (χ3v) is 3.72. The zero-order chi connectivity index (χ0) is 16.8. The number of anilines is 1. The molecule has 2 rings (SSSR count). The van der Waals surface area contributed by atoms with Crippen molar-refractivity contribution in [2.24, 2.45) is 5.73 Å². The molecule has 120 valence electrons. The molecule has 2 amide bonds. The predicted octanol–water partition coefficient (Wildman–Crippen LogP) is 3.59. The van der Waals surface area contributed by atoms with E-state index in [1.54, 1.807) is 42.5 Å². The van der Waals surface area contributed by atoms with Gasteiger partial charge in [-0.3, -0.25) is 9.59 Å². The first-order valence-corrected chi connectivity index (χ1v) is 7.94. The maximum Gasteiger partial charge on any atom is 0.255 e. The summed E-state index contributed by atoms with van der Waals surface area (Å²) in [6.45, 7) is 2.63. The first-order chi connectivity index (χ1) is 11.0. The number of primary amides is 1. The molecule has 0 aliphatic carbocycles. The van der Waals surface area contributed by atoms with Gasteiger partial charge in [0.25, 0.3) is 11.8 Å². The molecule has 0 saturated heterocycles. The summed E-state index contributed by atoms with van der Waals surface area (Å²) in [5.74, 6) is -0.243. The Bertz CT molecular complexity index is 732. The zero-order valence-electron chi connectivity index (χ0n) is 12.6. The zero-order valence-corrected chi connectivity index (χ0v) is 14.2. The van der Waals surface area contributed by atoms with Gasteiger partial charge in [0.05, 0.1) is 22.3 Å². The normalized spacial score (nSPS) is 10.2. The number of nitrogens with two attached hydrogens (primary N) is 1. The molecule has 23 heavy (non-hydrogen) atoms. The summed E-state index contributed by atoms with van der Waals surface area (Å²) in [4.78, 5) is 23.7. The van der Waals surface area contributed by atoms with Crippen LogP contribution in [-0.2, 0) is 0 Å². The maximum atomic E-state index is 12.3. The number of ether oxygens (including phenoxy) is 1. The Morgan fingerprint density at radius 2 is 1.96 bits per heavy atom. The average Bonchev–Trinajstić information content (AvgIpc) is 2.54. The number of hydrogen-bond acceptors (Lipinski definition) is 3. The minimum absolute atomic E-state index is 0.266. The van der Waals surface area contributed by atoms with Gasteiger partial charge in [0.2, 0.25) is 0 Å². The second-order valence-electron chi connectivity index (χ2n) is 4.86. The molecule has 0 atom stereocenters. The van der Waals surface area contributed by atoms with Gasteiger partial charge in [0.1, 0.15) is 5.75 Å². The van der Waals surface area contributed by atoms with E-state index in [9.17, 15) is 9.59 Å². The SMILES string of the molecule is CCCOc1ccc(C(=O)Nc2ccccc2C(N)=O)cc1Br. The lowest BCUT2D eigenvalue weighted by atomic mass is 10.1. The fourth-order valence-corrected chi connectivity index (χ4v) is 2.47. The molecule has 0 aromatic heterocycles. The standard InChI is InChI=1S/C17H17BrN2O3/c1-2-9-23-15-8-7-11(10-13(15)18)17(22)20-14-6-4-3-5-12(14)16(19)21/h3-8,10H,2,9H2,1H3,(H2,19,21)(H,20,22). The van der Waals surface area contributed by atoms with Gasteiger partial charge in [-0.15, -0.1) is 0 Å². The first kappa shape index (κ1) is 17.0. The molecule has 3 N–H and O–H groups in total. The van der Waals surface area contributed by atoms with E-state index in [0.29, 0.717) is 28.1 Å². The van der Waals surface area contributed by atoms with Crippen molar-refractivity contribution in [3.05, 3.63) is 58.1 Å². The number of benzene rings is 2. The summed E-state index contributed by atoms with van der Waals surface area (Å²) < 4.78 is 6.25. The van der Waals surface area contributed by atoms with Crippen molar-refractivity contribution in [1.29, 1.82) is 0 Å². The van der Waals surface area contributed by atoms with Gasteiger partial charge in [-0.1, -0.05) is 19.1 Å². The Kier molecular flexibility index (Phi) is 5.76. The van der Waals surface area contributed by atoms with Gasteiger partial charge in [0, 0.05) is 5.56 Å². The largest absolute Gasteiger partial charge is 0.492 e. The molecule has 0 spiro atoms. The number of hydrogen-bond donors (Lipinski definition) is 2. The molecule has 0 unspecified atom stereocenters. The summed E-state index contributed by atoms with van der Waals surface area (Å²) in [6.07, 6.45) is 0.901. The molecule has 0 radical (unpaired) electrons. The fraction of sp³-hybridized carbons (Fsp3) is 0.176. The van der Waals surface area contributed by atoms with Crippen LogP contribution in [0.15, 0.2) is 46.9 Å². The third-order valence-electron chi connectivity index (χ3n) is 3.10. The van der Waals surface area contributed by atoms with Crippen LogP contribution in [0, 0.1) is 0 Å². The Morgan fingerprint density at radius 1 is 1.22 bits per heavy atom. The van der Waals surface area contributed by atoms with Crippen LogP contribution in [-0.4, -0.2) is 18.4 Å². The van der Waals surface area contributed by atoms with Crippen LogP contribution >= 0.6 is 15.9 Å². The molecule has 0 fully saturated rings. The van der Waals surface area contributed by atoms with Gasteiger partial charge < -0.3 is 15.8 Å². The molecule has 0 heterocycles. The van der Waals surface area contributed by atoms with Crippen LogP contribution in [0.5, 0.6) is 5.75 Å². The minimum Gasteiger partial charge on any atom is -0.492 e. The Hall–Kier alpha value is -2.34. The predicted molar refractivity (Wildman–Crippen MR) is 92.8 cm³/mol. The number of halogens is 1. The molecule has 2 aromatic carbocycles.